The van der Waals surface area contributed by atoms with Gasteiger partial charge >= 0.3 is 0 Å². The highest BCUT2D eigenvalue weighted by atomic mass is 35.5. The van der Waals surface area contributed by atoms with E-state index >= 15 is 0 Å². The van der Waals surface area contributed by atoms with Gasteiger partial charge < -0.3 is 4.74 Å². The first kappa shape index (κ1) is 14.3. The van der Waals surface area contributed by atoms with E-state index in [-0.39, 0.29) is 11.1 Å². The number of ether oxygens (including phenoxy) is 1. The second-order valence-electron chi connectivity index (χ2n) is 3.81. The quantitative estimate of drug-likeness (QED) is 0.802. The summed E-state index contributed by atoms with van der Waals surface area (Å²) >= 11 is 6.04. The summed E-state index contributed by atoms with van der Waals surface area (Å²) in [6.07, 6.45) is 0.966. The van der Waals surface area contributed by atoms with Crippen molar-refractivity contribution in [2.45, 2.75) is 18.2 Å². The largest absolute Gasteiger partial charge is 0.497 e. The molecule has 0 amide bonds. The Labute approximate surface area is 107 Å². The highest BCUT2D eigenvalue weighted by Gasteiger charge is 2.10. The van der Waals surface area contributed by atoms with E-state index in [2.05, 4.69) is 0 Å². The average Bonchev–Trinajstić information content (AvgIpc) is 2.27. The number of sulfonamides is 1. The Bertz CT molecular complexity index is 444. The SMILES string of the molecule is COc1ccc(CC(Cl)CCS(N)(=O)=O)cc1. The van der Waals surface area contributed by atoms with E-state index in [1.54, 1.807) is 7.11 Å². The molecule has 0 saturated heterocycles. The number of hydrogen-bond donors (Lipinski definition) is 1. The molecule has 0 aliphatic heterocycles. The summed E-state index contributed by atoms with van der Waals surface area (Å²) in [6.45, 7) is 0. The monoisotopic (exact) mass is 277 g/mol. The Balaban J connectivity index is 2.47. The van der Waals surface area contributed by atoms with Crippen molar-refractivity contribution in [2.24, 2.45) is 5.14 Å². The molecule has 0 spiro atoms. The van der Waals surface area contributed by atoms with Crippen molar-refractivity contribution in [3.8, 4) is 5.75 Å². The number of benzene rings is 1. The zero-order chi connectivity index (χ0) is 12.9. The third-order valence-corrected chi connectivity index (χ3v) is 3.51. The number of hydrogen-bond acceptors (Lipinski definition) is 3. The minimum Gasteiger partial charge on any atom is -0.497 e. The van der Waals surface area contributed by atoms with Gasteiger partial charge in [0.25, 0.3) is 0 Å². The molecule has 0 fully saturated rings. The first-order chi connectivity index (χ1) is 7.90. The van der Waals surface area contributed by atoms with Crippen LogP contribution in [0.2, 0.25) is 0 Å². The number of nitrogens with two attached hydrogens (primary N) is 1. The topological polar surface area (TPSA) is 69.4 Å². The Kier molecular flexibility index (Phi) is 5.24. The molecule has 0 heterocycles. The third-order valence-electron chi connectivity index (χ3n) is 2.33. The van der Waals surface area contributed by atoms with Gasteiger partial charge in [-0.15, -0.1) is 11.6 Å². The van der Waals surface area contributed by atoms with Gasteiger partial charge in [0.05, 0.1) is 12.9 Å². The molecule has 2 N–H and O–H groups in total. The fourth-order valence-corrected chi connectivity index (χ4v) is 2.44. The normalized spacial score (nSPS) is 13.4. The van der Waals surface area contributed by atoms with Gasteiger partial charge in [0.1, 0.15) is 5.75 Å². The number of methoxy groups -OCH3 is 1. The molecule has 0 radical (unpaired) electrons. The number of rotatable bonds is 6. The highest BCUT2D eigenvalue weighted by molar-refractivity contribution is 7.89. The van der Waals surface area contributed by atoms with Crippen LogP contribution in [0, 0.1) is 0 Å². The van der Waals surface area contributed by atoms with E-state index in [4.69, 9.17) is 21.5 Å². The lowest BCUT2D eigenvalue weighted by Gasteiger charge is -2.09. The molecule has 4 nitrogen and oxygen atoms in total. The maximum Gasteiger partial charge on any atom is 0.209 e. The summed E-state index contributed by atoms with van der Waals surface area (Å²) < 4.78 is 26.6. The summed E-state index contributed by atoms with van der Waals surface area (Å²) in [5.74, 6) is 0.696. The van der Waals surface area contributed by atoms with Crippen molar-refractivity contribution in [1.29, 1.82) is 0 Å². The molecule has 0 saturated carbocycles. The van der Waals surface area contributed by atoms with Crippen LogP contribution in [-0.4, -0.2) is 26.7 Å². The van der Waals surface area contributed by atoms with Crippen LogP contribution in [0.5, 0.6) is 5.75 Å². The molecule has 1 aromatic rings. The van der Waals surface area contributed by atoms with Crippen LogP contribution in [0.15, 0.2) is 24.3 Å². The molecule has 0 aromatic heterocycles. The lowest BCUT2D eigenvalue weighted by molar-refractivity contribution is 0.414. The Morgan fingerprint density at radius 1 is 1.35 bits per heavy atom. The van der Waals surface area contributed by atoms with Crippen LogP contribution in [0.4, 0.5) is 0 Å². The minimum atomic E-state index is -3.43. The van der Waals surface area contributed by atoms with Gasteiger partial charge in [-0.2, -0.15) is 0 Å². The van der Waals surface area contributed by atoms with E-state index in [0.29, 0.717) is 12.8 Å². The van der Waals surface area contributed by atoms with Crippen LogP contribution in [0.3, 0.4) is 0 Å². The van der Waals surface area contributed by atoms with Gasteiger partial charge in [0.15, 0.2) is 0 Å². The van der Waals surface area contributed by atoms with Crippen LogP contribution in [-0.2, 0) is 16.4 Å². The standard InChI is InChI=1S/C11H16ClNO3S/c1-16-11-4-2-9(3-5-11)8-10(12)6-7-17(13,14)15/h2-5,10H,6-8H2,1H3,(H2,13,14,15). The van der Waals surface area contributed by atoms with E-state index in [0.717, 1.165) is 11.3 Å². The second-order valence-corrected chi connectivity index (χ2v) is 6.16. The summed E-state index contributed by atoms with van der Waals surface area (Å²) in [7, 11) is -1.82. The minimum absolute atomic E-state index is 0.0860. The maximum atomic E-state index is 10.8. The van der Waals surface area contributed by atoms with Crippen molar-refractivity contribution in [3.05, 3.63) is 29.8 Å². The van der Waals surface area contributed by atoms with Crippen molar-refractivity contribution < 1.29 is 13.2 Å². The van der Waals surface area contributed by atoms with Crippen LogP contribution in [0.1, 0.15) is 12.0 Å². The van der Waals surface area contributed by atoms with Gasteiger partial charge in [-0.25, -0.2) is 13.6 Å². The van der Waals surface area contributed by atoms with E-state index < -0.39 is 10.0 Å². The predicted molar refractivity (Wildman–Crippen MR) is 68.9 cm³/mol. The summed E-state index contributed by atoms with van der Waals surface area (Å²) in [5.41, 5.74) is 1.04. The van der Waals surface area contributed by atoms with Crippen LogP contribution >= 0.6 is 11.6 Å². The third kappa shape index (κ3) is 5.91. The number of primary sulfonamides is 1. The van der Waals surface area contributed by atoms with E-state index in [9.17, 15) is 8.42 Å². The van der Waals surface area contributed by atoms with E-state index in [1.807, 2.05) is 24.3 Å². The molecule has 0 aliphatic carbocycles. The molecule has 0 aliphatic rings. The first-order valence-electron chi connectivity index (χ1n) is 5.18. The second kappa shape index (κ2) is 6.23. The molecule has 6 heteroatoms. The highest BCUT2D eigenvalue weighted by Crippen LogP contribution is 2.16. The Morgan fingerprint density at radius 2 is 1.94 bits per heavy atom. The summed E-state index contributed by atoms with van der Waals surface area (Å²) in [5, 5.41) is 4.68. The van der Waals surface area contributed by atoms with Crippen molar-refractivity contribution >= 4 is 21.6 Å². The first-order valence-corrected chi connectivity index (χ1v) is 7.33. The van der Waals surface area contributed by atoms with Gasteiger partial charge in [-0.05, 0) is 30.5 Å². The smallest absolute Gasteiger partial charge is 0.209 e. The molecule has 1 aromatic carbocycles. The fourth-order valence-electron chi connectivity index (χ4n) is 1.41. The van der Waals surface area contributed by atoms with Crippen LogP contribution in [0.25, 0.3) is 0 Å². The fraction of sp³-hybridized carbons (Fsp3) is 0.455. The van der Waals surface area contributed by atoms with Crippen molar-refractivity contribution in [1.82, 2.24) is 0 Å². The molecule has 1 rings (SSSR count). The molecule has 1 atom stereocenters. The van der Waals surface area contributed by atoms with Gasteiger partial charge in [-0.1, -0.05) is 12.1 Å². The van der Waals surface area contributed by atoms with Gasteiger partial charge in [0.2, 0.25) is 10.0 Å². The molecule has 1 unspecified atom stereocenters. The maximum absolute atomic E-state index is 10.8. The predicted octanol–water partition coefficient (Wildman–Crippen LogP) is 1.52. The van der Waals surface area contributed by atoms with Crippen LogP contribution < -0.4 is 9.88 Å². The van der Waals surface area contributed by atoms with Gasteiger partial charge in [-0.3, -0.25) is 0 Å². The Hall–Kier alpha value is -0.780. The molecular formula is C11H16ClNO3S. The van der Waals surface area contributed by atoms with Gasteiger partial charge in [0, 0.05) is 5.38 Å². The summed E-state index contributed by atoms with van der Waals surface area (Å²) in [4.78, 5) is 0. The van der Waals surface area contributed by atoms with Crippen molar-refractivity contribution in [3.63, 3.8) is 0 Å². The molecule has 96 valence electrons. The summed E-state index contributed by atoms with van der Waals surface area (Å²) in [6, 6.07) is 7.51. The average molecular weight is 278 g/mol. The lowest BCUT2D eigenvalue weighted by atomic mass is 10.1. The zero-order valence-corrected chi connectivity index (χ0v) is 11.2. The molecule has 0 bridgehead atoms. The zero-order valence-electron chi connectivity index (χ0n) is 9.60. The lowest BCUT2D eigenvalue weighted by Crippen LogP contribution is -2.19. The number of halogens is 1. The number of alkyl halides is 1. The molecule has 17 heavy (non-hydrogen) atoms. The van der Waals surface area contributed by atoms with E-state index in [1.165, 1.54) is 0 Å². The Morgan fingerprint density at radius 3 is 2.41 bits per heavy atom. The molecular weight excluding hydrogens is 262 g/mol. The van der Waals surface area contributed by atoms with Crippen molar-refractivity contribution in [2.75, 3.05) is 12.9 Å².